The van der Waals surface area contributed by atoms with Crippen LogP contribution in [0.5, 0.6) is 0 Å². The summed E-state index contributed by atoms with van der Waals surface area (Å²) in [5, 5.41) is 9.20. The van der Waals surface area contributed by atoms with E-state index < -0.39 is 5.97 Å². The van der Waals surface area contributed by atoms with Gasteiger partial charge in [0.25, 0.3) is 5.91 Å². The molecule has 1 aromatic heterocycles. The Labute approximate surface area is 146 Å². The van der Waals surface area contributed by atoms with E-state index in [0.717, 1.165) is 12.0 Å². The number of morpholine rings is 1. The summed E-state index contributed by atoms with van der Waals surface area (Å²) in [5.74, 6) is -0.966. The molecule has 6 heteroatoms. The van der Waals surface area contributed by atoms with Crippen LogP contribution in [0, 0.1) is 0 Å². The molecule has 1 atom stereocenters. The van der Waals surface area contributed by atoms with Crippen molar-refractivity contribution in [2.75, 3.05) is 19.7 Å². The van der Waals surface area contributed by atoms with Crippen LogP contribution in [0.3, 0.4) is 0 Å². The number of benzene rings is 1. The number of carboxylic acid groups (broad SMARTS) is 1. The third kappa shape index (κ3) is 3.91. The summed E-state index contributed by atoms with van der Waals surface area (Å²) in [6.07, 6.45) is 1.07. The van der Waals surface area contributed by atoms with Crippen LogP contribution in [0.4, 0.5) is 0 Å². The lowest BCUT2D eigenvalue weighted by Gasteiger charge is -2.32. The first-order chi connectivity index (χ1) is 12.1. The van der Waals surface area contributed by atoms with Crippen molar-refractivity contribution in [3.63, 3.8) is 0 Å². The number of rotatable bonds is 5. The predicted molar refractivity (Wildman–Crippen MR) is 90.8 cm³/mol. The van der Waals surface area contributed by atoms with E-state index in [1.54, 1.807) is 11.8 Å². The van der Waals surface area contributed by atoms with Gasteiger partial charge in [-0.1, -0.05) is 37.3 Å². The zero-order valence-corrected chi connectivity index (χ0v) is 14.1. The Morgan fingerprint density at radius 3 is 2.68 bits per heavy atom. The molecule has 1 amide bonds. The maximum Gasteiger partial charge on any atom is 0.339 e. The van der Waals surface area contributed by atoms with E-state index >= 15 is 0 Å². The predicted octanol–water partition coefficient (Wildman–Crippen LogP) is 2.62. The molecule has 0 spiro atoms. The van der Waals surface area contributed by atoms with Crippen molar-refractivity contribution in [1.82, 2.24) is 4.90 Å². The molecule has 3 rings (SSSR count). The molecule has 0 saturated carbocycles. The zero-order chi connectivity index (χ0) is 17.8. The number of hydrogen-bond acceptors (Lipinski definition) is 4. The number of hydrogen-bond donors (Lipinski definition) is 1. The molecule has 6 nitrogen and oxygen atoms in total. The molecule has 1 N–H and O–H groups in total. The number of aryl methyl sites for hydroxylation is 1. The highest BCUT2D eigenvalue weighted by molar-refractivity contribution is 5.96. The van der Waals surface area contributed by atoms with Crippen molar-refractivity contribution in [3.05, 3.63) is 59.0 Å². The highest BCUT2D eigenvalue weighted by atomic mass is 16.5. The van der Waals surface area contributed by atoms with Crippen LogP contribution < -0.4 is 0 Å². The van der Waals surface area contributed by atoms with Crippen molar-refractivity contribution >= 4 is 11.9 Å². The van der Waals surface area contributed by atoms with Gasteiger partial charge in [0.05, 0.1) is 12.7 Å². The van der Waals surface area contributed by atoms with Gasteiger partial charge in [-0.2, -0.15) is 0 Å². The van der Waals surface area contributed by atoms with Crippen molar-refractivity contribution < 1.29 is 23.8 Å². The summed E-state index contributed by atoms with van der Waals surface area (Å²) in [4.78, 5) is 25.6. The number of ether oxygens (including phenoxy) is 1. The molecule has 1 aromatic carbocycles. The van der Waals surface area contributed by atoms with Crippen molar-refractivity contribution in [2.45, 2.75) is 25.9 Å². The lowest BCUT2D eigenvalue weighted by Crippen LogP contribution is -2.46. The molecule has 132 valence electrons. The van der Waals surface area contributed by atoms with E-state index in [4.69, 9.17) is 9.15 Å². The van der Waals surface area contributed by atoms with Crippen LogP contribution in [0.15, 0.2) is 40.8 Å². The largest absolute Gasteiger partial charge is 0.478 e. The van der Waals surface area contributed by atoms with Gasteiger partial charge >= 0.3 is 5.97 Å². The van der Waals surface area contributed by atoms with E-state index in [9.17, 15) is 14.7 Å². The molecule has 25 heavy (non-hydrogen) atoms. The summed E-state index contributed by atoms with van der Waals surface area (Å²) in [6.45, 7) is 3.17. The second-order valence-electron chi connectivity index (χ2n) is 6.04. The molecule has 2 heterocycles. The van der Waals surface area contributed by atoms with Crippen LogP contribution in [0.2, 0.25) is 0 Å². The van der Waals surface area contributed by atoms with Crippen molar-refractivity contribution in [1.29, 1.82) is 0 Å². The van der Waals surface area contributed by atoms with E-state index in [2.05, 4.69) is 0 Å². The van der Waals surface area contributed by atoms with Crippen LogP contribution in [-0.4, -0.2) is 47.7 Å². The number of nitrogens with zero attached hydrogens (tertiary/aromatic N) is 1. The van der Waals surface area contributed by atoms with Gasteiger partial charge < -0.3 is 19.2 Å². The summed E-state index contributed by atoms with van der Waals surface area (Å²) >= 11 is 0. The first-order valence-electron chi connectivity index (χ1n) is 8.39. The number of carbonyl (C=O) groups excluding carboxylic acids is 1. The van der Waals surface area contributed by atoms with Gasteiger partial charge in [-0.3, -0.25) is 4.79 Å². The van der Waals surface area contributed by atoms with Gasteiger partial charge in [0.1, 0.15) is 11.3 Å². The third-order valence-corrected chi connectivity index (χ3v) is 4.30. The number of carboxylic acids is 1. The lowest BCUT2D eigenvalue weighted by atomic mass is 10.1. The van der Waals surface area contributed by atoms with Gasteiger partial charge in [0, 0.05) is 32.0 Å². The first kappa shape index (κ1) is 17.2. The Morgan fingerprint density at radius 2 is 2.04 bits per heavy atom. The fourth-order valence-corrected chi connectivity index (χ4v) is 3.04. The molecule has 0 bridgehead atoms. The van der Waals surface area contributed by atoms with E-state index in [1.165, 1.54) is 6.07 Å². The van der Waals surface area contributed by atoms with Gasteiger partial charge in [0.15, 0.2) is 5.76 Å². The fourth-order valence-electron chi connectivity index (χ4n) is 3.04. The van der Waals surface area contributed by atoms with Crippen LogP contribution in [0.1, 0.15) is 39.2 Å². The molecule has 1 fully saturated rings. The lowest BCUT2D eigenvalue weighted by molar-refractivity contribution is -0.0218. The minimum atomic E-state index is -1.08. The van der Waals surface area contributed by atoms with Crippen molar-refractivity contribution in [2.24, 2.45) is 0 Å². The Hall–Kier alpha value is -2.60. The number of aromatic carboxylic acids is 1. The molecular formula is C19H21NO5. The molecule has 2 aromatic rings. The number of amides is 1. The Balaban J connectivity index is 1.70. The van der Waals surface area contributed by atoms with Crippen LogP contribution >= 0.6 is 0 Å². The van der Waals surface area contributed by atoms with Gasteiger partial charge in [0.2, 0.25) is 0 Å². The minimum Gasteiger partial charge on any atom is -0.478 e. The van der Waals surface area contributed by atoms with Crippen molar-refractivity contribution in [3.8, 4) is 0 Å². The zero-order valence-electron chi connectivity index (χ0n) is 14.1. The average molecular weight is 343 g/mol. The molecular weight excluding hydrogens is 322 g/mol. The maximum absolute atomic E-state index is 12.7. The molecule has 1 saturated heterocycles. The summed E-state index contributed by atoms with van der Waals surface area (Å²) in [6, 6.07) is 11.3. The van der Waals surface area contributed by atoms with E-state index in [0.29, 0.717) is 31.9 Å². The maximum atomic E-state index is 12.7. The molecule has 0 aliphatic carbocycles. The highest BCUT2D eigenvalue weighted by Crippen LogP contribution is 2.20. The first-order valence-corrected chi connectivity index (χ1v) is 8.39. The fraction of sp³-hybridized carbons (Fsp3) is 0.368. The topological polar surface area (TPSA) is 80.0 Å². The quantitative estimate of drug-likeness (QED) is 0.903. The van der Waals surface area contributed by atoms with Crippen LogP contribution in [-0.2, 0) is 17.6 Å². The standard InChI is InChI=1S/C19H21NO5/c1-2-16-15(19(22)23)11-17(25-16)18(21)20-8-9-24-14(12-20)10-13-6-4-3-5-7-13/h3-7,11,14H,2,8-10,12H2,1H3,(H,22,23). The summed E-state index contributed by atoms with van der Waals surface area (Å²) in [7, 11) is 0. The van der Waals surface area contributed by atoms with Crippen LogP contribution in [0.25, 0.3) is 0 Å². The smallest absolute Gasteiger partial charge is 0.339 e. The Bertz CT molecular complexity index is 752. The average Bonchev–Trinajstić information content (AvgIpc) is 3.07. The third-order valence-electron chi connectivity index (χ3n) is 4.30. The molecule has 1 unspecified atom stereocenters. The Morgan fingerprint density at radius 1 is 1.28 bits per heavy atom. The summed E-state index contributed by atoms with van der Waals surface area (Å²) < 4.78 is 11.2. The van der Waals surface area contributed by atoms with E-state index in [-0.39, 0.29) is 23.3 Å². The summed E-state index contributed by atoms with van der Waals surface area (Å²) in [5.41, 5.74) is 1.21. The van der Waals surface area contributed by atoms with Gasteiger partial charge in [-0.25, -0.2) is 4.79 Å². The number of furan rings is 1. The highest BCUT2D eigenvalue weighted by Gasteiger charge is 2.28. The SMILES string of the molecule is CCc1oc(C(=O)N2CCOC(Cc3ccccc3)C2)cc1C(=O)O. The molecule has 1 aliphatic rings. The minimum absolute atomic E-state index is 0.0555. The molecule has 1 aliphatic heterocycles. The number of carbonyl (C=O) groups is 2. The second kappa shape index (κ2) is 7.53. The van der Waals surface area contributed by atoms with Gasteiger partial charge in [-0.05, 0) is 5.56 Å². The Kier molecular flexibility index (Phi) is 5.19. The van der Waals surface area contributed by atoms with E-state index in [1.807, 2.05) is 30.3 Å². The normalized spacial score (nSPS) is 17.5. The second-order valence-corrected chi connectivity index (χ2v) is 6.04. The van der Waals surface area contributed by atoms with Gasteiger partial charge in [-0.15, -0.1) is 0 Å². The molecule has 0 radical (unpaired) electrons. The monoisotopic (exact) mass is 343 g/mol.